The number of alkyl carbamates (subject to hydrolysis) is 1. The Labute approximate surface area is 244 Å². The molecule has 0 radical (unpaired) electrons. The fraction of sp³-hybridized carbons (Fsp3) is 0.206. The summed E-state index contributed by atoms with van der Waals surface area (Å²) < 4.78 is 11.6. The topological polar surface area (TPSA) is 114 Å². The molecule has 0 aliphatic heterocycles. The van der Waals surface area contributed by atoms with Crippen LogP contribution in [0.15, 0.2) is 109 Å². The molecule has 8 heteroatoms. The van der Waals surface area contributed by atoms with E-state index in [1.165, 1.54) is 0 Å². The Morgan fingerprint density at radius 3 is 1.90 bits per heavy atom. The summed E-state index contributed by atoms with van der Waals surface area (Å²) in [6, 6.07) is 31.2. The second-order valence-corrected chi connectivity index (χ2v) is 10.1. The monoisotopic (exact) mass is 564 g/mol. The Morgan fingerprint density at radius 1 is 0.762 bits per heavy atom. The zero-order chi connectivity index (χ0) is 29.5. The number of hydrogen-bond donors (Lipinski definition) is 3. The smallest absolute Gasteiger partial charge is 0.407 e. The largest absolute Gasteiger partial charge is 0.479 e. The third-order valence-corrected chi connectivity index (χ3v) is 7.39. The molecule has 4 aromatic rings. The van der Waals surface area contributed by atoms with Crippen molar-refractivity contribution in [1.82, 2.24) is 10.6 Å². The maximum atomic E-state index is 13.5. The van der Waals surface area contributed by atoms with Crippen molar-refractivity contribution >= 4 is 18.0 Å². The van der Waals surface area contributed by atoms with Gasteiger partial charge in [-0.3, -0.25) is 4.79 Å². The summed E-state index contributed by atoms with van der Waals surface area (Å²) in [5, 5.41) is 15.0. The van der Waals surface area contributed by atoms with Crippen LogP contribution in [-0.4, -0.2) is 41.8 Å². The molecule has 5 rings (SSSR count). The maximum Gasteiger partial charge on any atom is 0.407 e. The van der Waals surface area contributed by atoms with Gasteiger partial charge in [0.1, 0.15) is 12.6 Å². The Morgan fingerprint density at radius 2 is 1.31 bits per heavy atom. The molecule has 0 fully saturated rings. The fourth-order valence-corrected chi connectivity index (χ4v) is 5.23. The minimum Gasteiger partial charge on any atom is -0.479 e. The van der Waals surface area contributed by atoms with Gasteiger partial charge in [0.25, 0.3) is 0 Å². The van der Waals surface area contributed by atoms with Gasteiger partial charge < -0.3 is 25.2 Å². The SMILES string of the molecule is C[C@H](OCc1ccccc1)[C@@H](NC(=O)OCC1c2ccccc2-c2ccccc21)C(=O)N[C@@H](C(=O)O)c1ccccc1. The van der Waals surface area contributed by atoms with Crippen LogP contribution >= 0.6 is 0 Å². The zero-order valence-electron chi connectivity index (χ0n) is 23.1. The first-order valence-electron chi connectivity index (χ1n) is 13.8. The van der Waals surface area contributed by atoms with Gasteiger partial charge in [-0.25, -0.2) is 9.59 Å². The molecule has 0 saturated carbocycles. The fourth-order valence-electron chi connectivity index (χ4n) is 5.23. The van der Waals surface area contributed by atoms with Crippen molar-refractivity contribution in [2.24, 2.45) is 0 Å². The van der Waals surface area contributed by atoms with Gasteiger partial charge in [0.15, 0.2) is 6.04 Å². The van der Waals surface area contributed by atoms with E-state index in [9.17, 15) is 19.5 Å². The van der Waals surface area contributed by atoms with Gasteiger partial charge in [-0.1, -0.05) is 109 Å². The van der Waals surface area contributed by atoms with Crippen LogP contribution in [0.2, 0.25) is 0 Å². The van der Waals surface area contributed by atoms with Crippen LogP contribution in [0.4, 0.5) is 4.79 Å². The Hall–Kier alpha value is -4.95. The highest BCUT2D eigenvalue weighted by Crippen LogP contribution is 2.44. The summed E-state index contributed by atoms with van der Waals surface area (Å²) in [4.78, 5) is 38.7. The zero-order valence-corrected chi connectivity index (χ0v) is 23.1. The third kappa shape index (κ3) is 6.50. The van der Waals surface area contributed by atoms with E-state index in [1.807, 2.05) is 78.9 Å². The maximum absolute atomic E-state index is 13.5. The number of carboxylic acid groups (broad SMARTS) is 1. The molecule has 0 bridgehead atoms. The standard InChI is InChI=1S/C34H32N2O6/c1-22(41-20-23-12-4-2-5-13-23)30(32(37)35-31(33(38)39)24-14-6-3-7-15-24)36-34(40)42-21-29-27-18-10-8-16-25(27)26-17-9-11-19-28(26)29/h2-19,22,29-31H,20-21H2,1H3,(H,35,37)(H,36,40)(H,38,39)/t22-,30+,31+/m0/s1. The van der Waals surface area contributed by atoms with Crippen LogP contribution in [0.25, 0.3) is 11.1 Å². The lowest BCUT2D eigenvalue weighted by molar-refractivity contribution is -0.143. The van der Waals surface area contributed by atoms with Gasteiger partial charge in [-0.05, 0) is 40.3 Å². The van der Waals surface area contributed by atoms with Crippen molar-refractivity contribution in [1.29, 1.82) is 0 Å². The van der Waals surface area contributed by atoms with E-state index in [0.717, 1.165) is 27.8 Å². The molecule has 3 atom stereocenters. The molecule has 2 amide bonds. The number of hydrogen-bond acceptors (Lipinski definition) is 5. The second kappa shape index (κ2) is 13.1. The summed E-state index contributed by atoms with van der Waals surface area (Å²) in [7, 11) is 0. The molecule has 8 nitrogen and oxygen atoms in total. The summed E-state index contributed by atoms with van der Waals surface area (Å²) >= 11 is 0. The molecular weight excluding hydrogens is 532 g/mol. The predicted molar refractivity (Wildman–Crippen MR) is 158 cm³/mol. The van der Waals surface area contributed by atoms with Gasteiger partial charge in [0, 0.05) is 5.92 Å². The van der Waals surface area contributed by atoms with Crippen LogP contribution in [0.3, 0.4) is 0 Å². The van der Waals surface area contributed by atoms with Crippen LogP contribution in [0.1, 0.15) is 41.1 Å². The molecule has 0 saturated heterocycles. The Bertz CT molecular complexity index is 1500. The molecule has 0 spiro atoms. The van der Waals surface area contributed by atoms with Crippen molar-refractivity contribution in [3.05, 3.63) is 131 Å². The number of nitrogens with one attached hydrogen (secondary N) is 2. The molecule has 214 valence electrons. The first-order valence-corrected chi connectivity index (χ1v) is 13.8. The number of carbonyl (C=O) groups excluding carboxylic acids is 2. The minimum atomic E-state index is -1.31. The van der Waals surface area contributed by atoms with Crippen molar-refractivity contribution < 1.29 is 29.0 Å². The number of benzene rings is 4. The van der Waals surface area contributed by atoms with Gasteiger partial charge in [-0.15, -0.1) is 0 Å². The van der Waals surface area contributed by atoms with Crippen LogP contribution < -0.4 is 10.6 Å². The van der Waals surface area contributed by atoms with Crippen LogP contribution in [0.5, 0.6) is 0 Å². The van der Waals surface area contributed by atoms with E-state index >= 15 is 0 Å². The molecular formula is C34H32N2O6. The number of amides is 2. The number of carboxylic acids is 1. The molecule has 4 aromatic carbocycles. The van der Waals surface area contributed by atoms with Gasteiger partial charge in [0.2, 0.25) is 5.91 Å². The van der Waals surface area contributed by atoms with Crippen molar-refractivity contribution in [2.45, 2.75) is 37.6 Å². The van der Waals surface area contributed by atoms with E-state index in [0.29, 0.717) is 5.56 Å². The average molecular weight is 565 g/mol. The minimum absolute atomic E-state index is 0.0647. The Kier molecular flexibility index (Phi) is 8.94. The number of carbonyl (C=O) groups is 3. The average Bonchev–Trinajstić information content (AvgIpc) is 3.34. The normalized spacial score (nSPS) is 14.1. The van der Waals surface area contributed by atoms with E-state index in [-0.39, 0.29) is 19.1 Å². The van der Waals surface area contributed by atoms with Crippen molar-refractivity contribution in [2.75, 3.05) is 6.61 Å². The number of ether oxygens (including phenoxy) is 2. The third-order valence-electron chi connectivity index (χ3n) is 7.39. The van der Waals surface area contributed by atoms with Crippen molar-refractivity contribution in [3.8, 4) is 11.1 Å². The molecule has 1 aliphatic rings. The van der Waals surface area contributed by atoms with E-state index in [2.05, 4.69) is 10.6 Å². The van der Waals surface area contributed by atoms with Gasteiger partial charge >= 0.3 is 12.1 Å². The predicted octanol–water partition coefficient (Wildman–Crippen LogP) is 5.44. The quantitative estimate of drug-likeness (QED) is 0.224. The first kappa shape index (κ1) is 28.6. The van der Waals surface area contributed by atoms with E-state index < -0.39 is 36.2 Å². The Balaban J connectivity index is 1.30. The van der Waals surface area contributed by atoms with Crippen molar-refractivity contribution in [3.63, 3.8) is 0 Å². The highest BCUT2D eigenvalue weighted by molar-refractivity contribution is 5.90. The molecule has 1 aliphatic carbocycles. The summed E-state index contributed by atoms with van der Waals surface area (Å²) in [6.07, 6.45) is -1.62. The van der Waals surface area contributed by atoms with Crippen LogP contribution in [-0.2, 0) is 25.7 Å². The molecule has 0 heterocycles. The lowest BCUT2D eigenvalue weighted by atomic mass is 9.98. The summed E-state index contributed by atoms with van der Waals surface area (Å²) in [5.41, 5.74) is 5.61. The summed E-state index contributed by atoms with van der Waals surface area (Å²) in [5.74, 6) is -2.09. The number of rotatable bonds is 11. The number of aliphatic carboxylic acids is 1. The molecule has 3 N–H and O–H groups in total. The number of fused-ring (bicyclic) bond motifs is 3. The summed E-state index contributed by atoms with van der Waals surface area (Å²) in [6.45, 7) is 1.91. The van der Waals surface area contributed by atoms with Gasteiger partial charge in [0.05, 0.1) is 12.7 Å². The molecule has 42 heavy (non-hydrogen) atoms. The highest BCUT2D eigenvalue weighted by atomic mass is 16.5. The lowest BCUT2D eigenvalue weighted by Gasteiger charge is -2.26. The highest BCUT2D eigenvalue weighted by Gasteiger charge is 2.33. The van der Waals surface area contributed by atoms with E-state index in [4.69, 9.17) is 9.47 Å². The first-order chi connectivity index (χ1) is 20.4. The molecule has 0 aromatic heterocycles. The van der Waals surface area contributed by atoms with Crippen LogP contribution in [0, 0.1) is 0 Å². The van der Waals surface area contributed by atoms with Gasteiger partial charge in [-0.2, -0.15) is 0 Å². The second-order valence-electron chi connectivity index (χ2n) is 10.1. The van der Waals surface area contributed by atoms with E-state index in [1.54, 1.807) is 37.3 Å². The molecule has 0 unspecified atom stereocenters. The lowest BCUT2D eigenvalue weighted by Crippen LogP contribution is -2.54.